The van der Waals surface area contributed by atoms with Gasteiger partial charge in [-0.05, 0) is 38.0 Å². The van der Waals surface area contributed by atoms with Gasteiger partial charge in [-0.25, -0.2) is 0 Å². The monoisotopic (exact) mass is 289 g/mol. The van der Waals surface area contributed by atoms with Crippen molar-refractivity contribution in [1.29, 1.82) is 0 Å². The van der Waals surface area contributed by atoms with Gasteiger partial charge in [0.05, 0.1) is 24.4 Å². The van der Waals surface area contributed by atoms with Crippen molar-refractivity contribution < 1.29 is 18.7 Å². The number of furan rings is 1. The van der Waals surface area contributed by atoms with Crippen molar-refractivity contribution in [2.45, 2.75) is 25.9 Å². The van der Waals surface area contributed by atoms with Gasteiger partial charge in [0.1, 0.15) is 11.3 Å². The summed E-state index contributed by atoms with van der Waals surface area (Å²) in [6.45, 7) is 3.78. The first kappa shape index (κ1) is 13.9. The highest BCUT2D eigenvalue weighted by atomic mass is 16.5. The molecule has 1 saturated heterocycles. The normalized spacial score (nSPS) is 18.0. The van der Waals surface area contributed by atoms with E-state index in [1.54, 1.807) is 18.4 Å². The predicted molar refractivity (Wildman–Crippen MR) is 78.7 cm³/mol. The molecule has 0 bridgehead atoms. The lowest BCUT2D eigenvalue weighted by Crippen LogP contribution is -2.31. The average molecular weight is 289 g/mol. The van der Waals surface area contributed by atoms with Gasteiger partial charge in [-0.1, -0.05) is 0 Å². The standard InChI is InChI=1S/C16H19NO4/c1-2-19-14-8-11(9-15-13(14)5-7-21-15)16(18)17-10-12-4-3-6-20-12/h5,7-9,12H,2-4,6,10H2,1H3,(H,17,18)/t12-/m1/s1. The van der Waals surface area contributed by atoms with Crippen LogP contribution < -0.4 is 10.1 Å². The summed E-state index contributed by atoms with van der Waals surface area (Å²) in [5.41, 5.74) is 1.20. The largest absolute Gasteiger partial charge is 0.493 e. The van der Waals surface area contributed by atoms with Crippen LogP contribution in [-0.4, -0.2) is 31.8 Å². The first-order valence-corrected chi connectivity index (χ1v) is 7.31. The maximum atomic E-state index is 12.3. The molecule has 1 aromatic heterocycles. The molecule has 0 aliphatic carbocycles. The van der Waals surface area contributed by atoms with Crippen LogP contribution in [0.15, 0.2) is 28.9 Å². The fourth-order valence-electron chi connectivity index (χ4n) is 2.56. The van der Waals surface area contributed by atoms with Gasteiger partial charge in [0.2, 0.25) is 0 Å². The molecule has 2 aromatic rings. The van der Waals surface area contributed by atoms with Crippen LogP contribution in [0.5, 0.6) is 5.75 Å². The number of amides is 1. The molecule has 1 atom stereocenters. The molecule has 5 nitrogen and oxygen atoms in total. The number of carbonyl (C=O) groups is 1. The maximum absolute atomic E-state index is 12.3. The molecule has 2 heterocycles. The van der Waals surface area contributed by atoms with Crippen molar-refractivity contribution in [3.05, 3.63) is 30.0 Å². The molecule has 112 valence electrons. The van der Waals surface area contributed by atoms with Crippen LogP contribution in [0.4, 0.5) is 0 Å². The Hall–Kier alpha value is -2.01. The van der Waals surface area contributed by atoms with Gasteiger partial charge in [0.15, 0.2) is 0 Å². The number of hydrogen-bond acceptors (Lipinski definition) is 4. The van der Waals surface area contributed by atoms with E-state index in [9.17, 15) is 4.79 Å². The number of rotatable bonds is 5. The van der Waals surface area contributed by atoms with E-state index in [0.717, 1.165) is 24.8 Å². The Kier molecular flexibility index (Phi) is 4.10. The maximum Gasteiger partial charge on any atom is 0.251 e. The van der Waals surface area contributed by atoms with Crippen LogP contribution in [0.2, 0.25) is 0 Å². The van der Waals surface area contributed by atoms with Gasteiger partial charge >= 0.3 is 0 Å². The van der Waals surface area contributed by atoms with E-state index in [0.29, 0.717) is 30.0 Å². The molecule has 21 heavy (non-hydrogen) atoms. The van der Waals surface area contributed by atoms with Gasteiger partial charge in [-0.15, -0.1) is 0 Å². The van der Waals surface area contributed by atoms with Crippen LogP contribution in [-0.2, 0) is 4.74 Å². The number of benzene rings is 1. The summed E-state index contributed by atoms with van der Waals surface area (Å²) in [6.07, 6.45) is 3.80. The highest BCUT2D eigenvalue weighted by molar-refractivity contribution is 5.99. The van der Waals surface area contributed by atoms with Crippen LogP contribution in [0.3, 0.4) is 0 Å². The fraction of sp³-hybridized carbons (Fsp3) is 0.438. The van der Waals surface area contributed by atoms with Gasteiger partial charge in [-0.2, -0.15) is 0 Å². The van der Waals surface area contributed by atoms with E-state index in [1.165, 1.54) is 0 Å². The topological polar surface area (TPSA) is 60.7 Å². The zero-order valence-corrected chi connectivity index (χ0v) is 12.1. The van der Waals surface area contributed by atoms with Gasteiger partial charge in [-0.3, -0.25) is 4.79 Å². The summed E-state index contributed by atoms with van der Waals surface area (Å²) in [7, 11) is 0. The molecule has 3 rings (SSSR count). The third-order valence-corrected chi connectivity index (χ3v) is 3.61. The molecule has 1 N–H and O–H groups in total. The molecular formula is C16H19NO4. The van der Waals surface area contributed by atoms with Crippen LogP contribution >= 0.6 is 0 Å². The van der Waals surface area contributed by atoms with Crippen molar-refractivity contribution in [2.24, 2.45) is 0 Å². The zero-order chi connectivity index (χ0) is 14.7. The third-order valence-electron chi connectivity index (χ3n) is 3.61. The molecule has 1 fully saturated rings. The average Bonchev–Trinajstić information content (AvgIpc) is 3.16. The second-order valence-corrected chi connectivity index (χ2v) is 5.08. The summed E-state index contributed by atoms with van der Waals surface area (Å²) in [5, 5.41) is 3.79. The Morgan fingerprint density at radius 1 is 1.48 bits per heavy atom. The van der Waals surface area contributed by atoms with E-state index in [1.807, 2.05) is 13.0 Å². The lowest BCUT2D eigenvalue weighted by molar-refractivity contribution is 0.0857. The third kappa shape index (κ3) is 3.03. The second-order valence-electron chi connectivity index (χ2n) is 5.08. The Morgan fingerprint density at radius 3 is 3.14 bits per heavy atom. The minimum Gasteiger partial charge on any atom is -0.493 e. The Morgan fingerprint density at radius 2 is 2.38 bits per heavy atom. The fourth-order valence-corrected chi connectivity index (χ4v) is 2.56. The molecule has 1 amide bonds. The van der Waals surface area contributed by atoms with Crippen LogP contribution in [0, 0.1) is 0 Å². The summed E-state index contributed by atoms with van der Waals surface area (Å²) in [5.74, 6) is 0.538. The summed E-state index contributed by atoms with van der Waals surface area (Å²) >= 11 is 0. The molecular weight excluding hydrogens is 270 g/mol. The van der Waals surface area contributed by atoms with Crippen LogP contribution in [0.25, 0.3) is 11.0 Å². The summed E-state index contributed by atoms with van der Waals surface area (Å²) in [6, 6.07) is 5.34. The van der Waals surface area contributed by atoms with Crippen molar-refractivity contribution in [1.82, 2.24) is 5.32 Å². The number of ether oxygens (including phenoxy) is 2. The number of nitrogens with one attached hydrogen (secondary N) is 1. The SMILES string of the molecule is CCOc1cc(C(=O)NC[C@H]2CCCO2)cc2occc12. The minimum absolute atomic E-state index is 0.132. The minimum atomic E-state index is -0.134. The predicted octanol–water partition coefficient (Wildman–Crippen LogP) is 2.74. The van der Waals surface area contributed by atoms with Gasteiger partial charge in [0, 0.05) is 18.7 Å². The highest BCUT2D eigenvalue weighted by Crippen LogP contribution is 2.28. The number of fused-ring (bicyclic) bond motifs is 1. The molecule has 1 aliphatic rings. The Labute approximate surface area is 123 Å². The van der Waals surface area contributed by atoms with E-state index >= 15 is 0 Å². The smallest absolute Gasteiger partial charge is 0.251 e. The lowest BCUT2D eigenvalue weighted by atomic mass is 10.1. The Balaban J connectivity index is 1.76. The molecule has 0 spiro atoms. The molecule has 0 saturated carbocycles. The summed E-state index contributed by atoms with van der Waals surface area (Å²) < 4.78 is 16.5. The quantitative estimate of drug-likeness (QED) is 0.919. The molecule has 1 aliphatic heterocycles. The van der Waals surface area contributed by atoms with E-state index in [4.69, 9.17) is 13.9 Å². The molecule has 5 heteroatoms. The molecule has 0 unspecified atom stereocenters. The number of hydrogen-bond donors (Lipinski definition) is 1. The zero-order valence-electron chi connectivity index (χ0n) is 12.1. The van der Waals surface area contributed by atoms with Crippen molar-refractivity contribution in [3.63, 3.8) is 0 Å². The Bertz CT molecular complexity index is 628. The van der Waals surface area contributed by atoms with E-state index < -0.39 is 0 Å². The summed E-state index contributed by atoms with van der Waals surface area (Å²) in [4.78, 5) is 12.3. The first-order chi connectivity index (χ1) is 10.3. The van der Waals surface area contributed by atoms with E-state index in [2.05, 4.69) is 5.32 Å². The highest BCUT2D eigenvalue weighted by Gasteiger charge is 2.18. The second kappa shape index (κ2) is 6.18. The van der Waals surface area contributed by atoms with Crippen molar-refractivity contribution in [2.75, 3.05) is 19.8 Å². The van der Waals surface area contributed by atoms with Crippen LogP contribution in [0.1, 0.15) is 30.1 Å². The lowest BCUT2D eigenvalue weighted by Gasteiger charge is -2.12. The van der Waals surface area contributed by atoms with Gasteiger partial charge in [0.25, 0.3) is 5.91 Å². The van der Waals surface area contributed by atoms with Crippen molar-refractivity contribution >= 4 is 16.9 Å². The molecule has 0 radical (unpaired) electrons. The van der Waals surface area contributed by atoms with E-state index in [-0.39, 0.29) is 12.0 Å². The number of carbonyl (C=O) groups excluding carboxylic acids is 1. The first-order valence-electron chi connectivity index (χ1n) is 7.31. The molecule has 1 aromatic carbocycles. The van der Waals surface area contributed by atoms with Gasteiger partial charge < -0.3 is 19.2 Å². The van der Waals surface area contributed by atoms with Crippen molar-refractivity contribution in [3.8, 4) is 5.75 Å².